The van der Waals surface area contributed by atoms with Crippen molar-refractivity contribution in [1.29, 1.82) is 0 Å². The molecule has 1 heterocycles. The van der Waals surface area contributed by atoms with E-state index >= 15 is 0 Å². The maximum atomic E-state index is 9.02. The summed E-state index contributed by atoms with van der Waals surface area (Å²) in [5.41, 5.74) is 0. The van der Waals surface area contributed by atoms with Crippen LogP contribution in [0.4, 0.5) is 0 Å². The van der Waals surface area contributed by atoms with Gasteiger partial charge in [-0.25, -0.2) is 0 Å². The van der Waals surface area contributed by atoms with Crippen LogP contribution in [-0.2, 0) is 7.05 Å². The van der Waals surface area contributed by atoms with Gasteiger partial charge < -0.3 is 14.8 Å². The number of aryl methyl sites for hydroxylation is 1. The molecule has 0 aliphatic heterocycles. The first-order valence-corrected chi connectivity index (χ1v) is 4.48. The Balaban J connectivity index is 2.38. The smallest absolute Gasteiger partial charge is 0.190 e. The fourth-order valence-electron chi connectivity index (χ4n) is 0.627. The highest BCUT2D eigenvalue weighted by atomic mass is 32.2. The van der Waals surface area contributed by atoms with Crippen molar-refractivity contribution in [2.45, 2.75) is 11.3 Å². The van der Waals surface area contributed by atoms with Crippen molar-refractivity contribution in [1.82, 2.24) is 14.8 Å². The van der Waals surface area contributed by atoms with E-state index in [1.54, 1.807) is 10.9 Å². The summed E-state index contributed by atoms with van der Waals surface area (Å²) >= 11 is 1.37. The Bertz CT molecular complexity index is 240. The van der Waals surface area contributed by atoms with E-state index in [1.165, 1.54) is 11.8 Å². The summed E-state index contributed by atoms with van der Waals surface area (Å²) in [6.45, 7) is -0.217. The molecule has 0 amide bonds. The first kappa shape index (κ1) is 9.50. The van der Waals surface area contributed by atoms with Crippen LogP contribution in [-0.4, -0.2) is 43.4 Å². The number of aliphatic hydroxyl groups excluding tert-OH is 2. The first-order chi connectivity index (χ1) is 5.74. The number of thioether (sulfide) groups is 1. The molecule has 0 aromatic carbocycles. The standard InChI is InChI=1S/C6H11N3O2S/c1-9-4-7-8-6(9)12-3-5(11)2-10/h4-5,10-11H,2-3H2,1H3. The predicted octanol–water partition coefficient (Wildman–Crippen LogP) is -0.740. The van der Waals surface area contributed by atoms with Crippen molar-refractivity contribution in [2.24, 2.45) is 7.05 Å². The second-order valence-electron chi connectivity index (χ2n) is 2.37. The summed E-state index contributed by atoms with van der Waals surface area (Å²) in [5, 5.41) is 25.8. The Hall–Kier alpha value is -0.590. The average Bonchev–Trinajstić information content (AvgIpc) is 2.47. The van der Waals surface area contributed by atoms with Crippen LogP contribution in [0.5, 0.6) is 0 Å². The Kier molecular flexibility index (Phi) is 3.51. The SMILES string of the molecule is Cn1cnnc1SCC(O)CO. The Morgan fingerprint density at radius 2 is 2.50 bits per heavy atom. The molecule has 0 saturated heterocycles. The highest BCUT2D eigenvalue weighted by Gasteiger charge is 2.06. The Morgan fingerprint density at radius 3 is 3.00 bits per heavy atom. The molecule has 2 N–H and O–H groups in total. The summed E-state index contributed by atoms with van der Waals surface area (Å²) in [4.78, 5) is 0. The molecule has 1 unspecified atom stereocenters. The van der Waals surface area contributed by atoms with Gasteiger partial charge >= 0.3 is 0 Å². The zero-order chi connectivity index (χ0) is 8.97. The molecule has 6 heteroatoms. The minimum absolute atomic E-state index is 0.217. The largest absolute Gasteiger partial charge is 0.394 e. The van der Waals surface area contributed by atoms with Crippen LogP contribution in [0, 0.1) is 0 Å². The van der Waals surface area contributed by atoms with Crippen LogP contribution < -0.4 is 0 Å². The highest BCUT2D eigenvalue weighted by Crippen LogP contribution is 2.13. The second kappa shape index (κ2) is 4.44. The molecule has 12 heavy (non-hydrogen) atoms. The third-order valence-electron chi connectivity index (χ3n) is 1.29. The van der Waals surface area contributed by atoms with Gasteiger partial charge in [0.2, 0.25) is 0 Å². The first-order valence-electron chi connectivity index (χ1n) is 3.49. The van der Waals surface area contributed by atoms with Crippen LogP contribution in [0.2, 0.25) is 0 Å². The van der Waals surface area contributed by atoms with E-state index in [-0.39, 0.29) is 6.61 Å². The van der Waals surface area contributed by atoms with Crippen LogP contribution in [0.25, 0.3) is 0 Å². The molecule has 1 atom stereocenters. The molecule has 0 fully saturated rings. The van der Waals surface area contributed by atoms with Gasteiger partial charge in [-0.3, -0.25) is 0 Å². The fraction of sp³-hybridized carbons (Fsp3) is 0.667. The second-order valence-corrected chi connectivity index (χ2v) is 3.36. The summed E-state index contributed by atoms with van der Waals surface area (Å²) in [6.07, 6.45) is 0.903. The third kappa shape index (κ3) is 2.47. The van der Waals surface area contributed by atoms with E-state index in [0.717, 1.165) is 5.16 Å². The lowest BCUT2D eigenvalue weighted by Crippen LogP contribution is -2.14. The molecule has 68 valence electrons. The molecule has 0 bridgehead atoms. The summed E-state index contributed by atoms with van der Waals surface area (Å²) in [6, 6.07) is 0. The molecular formula is C6H11N3O2S. The van der Waals surface area contributed by atoms with E-state index in [9.17, 15) is 0 Å². The molecule has 0 radical (unpaired) electrons. The van der Waals surface area contributed by atoms with Gasteiger partial charge in [0.25, 0.3) is 0 Å². The average molecular weight is 189 g/mol. The quantitative estimate of drug-likeness (QED) is 0.610. The van der Waals surface area contributed by atoms with Crippen molar-refractivity contribution < 1.29 is 10.2 Å². The number of hydrogen-bond donors (Lipinski definition) is 2. The van der Waals surface area contributed by atoms with Gasteiger partial charge in [0.1, 0.15) is 6.33 Å². The molecule has 1 aromatic heterocycles. The normalized spacial score (nSPS) is 13.2. The Labute approximate surface area is 74.4 Å². The highest BCUT2D eigenvalue weighted by molar-refractivity contribution is 7.99. The van der Waals surface area contributed by atoms with E-state index in [2.05, 4.69) is 10.2 Å². The van der Waals surface area contributed by atoms with E-state index in [1.807, 2.05) is 7.05 Å². The van der Waals surface area contributed by atoms with Gasteiger partial charge in [0.05, 0.1) is 12.7 Å². The predicted molar refractivity (Wildman–Crippen MR) is 44.8 cm³/mol. The lowest BCUT2D eigenvalue weighted by atomic mass is 10.4. The van der Waals surface area contributed by atoms with Crippen LogP contribution in [0.1, 0.15) is 0 Å². The molecule has 0 aliphatic rings. The molecule has 1 aromatic rings. The molecule has 0 spiro atoms. The lowest BCUT2D eigenvalue weighted by Gasteiger charge is -2.04. The maximum Gasteiger partial charge on any atom is 0.190 e. The Morgan fingerprint density at radius 1 is 1.75 bits per heavy atom. The van der Waals surface area contributed by atoms with Gasteiger partial charge in [-0.2, -0.15) is 0 Å². The van der Waals surface area contributed by atoms with Crippen LogP contribution in [0.15, 0.2) is 11.5 Å². The van der Waals surface area contributed by atoms with Crippen LogP contribution >= 0.6 is 11.8 Å². The zero-order valence-corrected chi connectivity index (χ0v) is 7.53. The monoisotopic (exact) mass is 189 g/mol. The molecule has 0 saturated carbocycles. The molecule has 0 aliphatic carbocycles. The molecule has 5 nitrogen and oxygen atoms in total. The number of aliphatic hydroxyl groups is 2. The van der Waals surface area contributed by atoms with Crippen molar-refractivity contribution in [3.63, 3.8) is 0 Å². The molecule has 1 rings (SSSR count). The molecular weight excluding hydrogens is 178 g/mol. The van der Waals surface area contributed by atoms with Crippen molar-refractivity contribution in [2.75, 3.05) is 12.4 Å². The number of nitrogens with zero attached hydrogens (tertiary/aromatic N) is 3. The summed E-state index contributed by atoms with van der Waals surface area (Å²) < 4.78 is 1.76. The van der Waals surface area contributed by atoms with E-state index < -0.39 is 6.10 Å². The number of rotatable bonds is 4. The van der Waals surface area contributed by atoms with Gasteiger partial charge in [-0.1, -0.05) is 11.8 Å². The summed E-state index contributed by atoms with van der Waals surface area (Å²) in [7, 11) is 1.83. The van der Waals surface area contributed by atoms with Gasteiger partial charge in [-0.05, 0) is 0 Å². The number of aromatic nitrogens is 3. The van der Waals surface area contributed by atoms with Crippen molar-refractivity contribution in [3.8, 4) is 0 Å². The van der Waals surface area contributed by atoms with Gasteiger partial charge in [-0.15, -0.1) is 10.2 Å². The zero-order valence-electron chi connectivity index (χ0n) is 6.71. The fourth-order valence-corrected chi connectivity index (χ4v) is 1.43. The number of hydrogen-bond acceptors (Lipinski definition) is 5. The maximum absolute atomic E-state index is 9.02. The minimum Gasteiger partial charge on any atom is -0.394 e. The van der Waals surface area contributed by atoms with Crippen LogP contribution in [0.3, 0.4) is 0 Å². The third-order valence-corrected chi connectivity index (χ3v) is 2.46. The van der Waals surface area contributed by atoms with Crippen molar-refractivity contribution >= 4 is 11.8 Å². The lowest BCUT2D eigenvalue weighted by molar-refractivity contribution is 0.113. The van der Waals surface area contributed by atoms with Gasteiger partial charge in [0, 0.05) is 12.8 Å². The van der Waals surface area contributed by atoms with Crippen molar-refractivity contribution in [3.05, 3.63) is 6.33 Å². The van der Waals surface area contributed by atoms with Gasteiger partial charge in [0.15, 0.2) is 5.16 Å². The topological polar surface area (TPSA) is 71.2 Å². The minimum atomic E-state index is -0.688. The van der Waals surface area contributed by atoms with E-state index in [0.29, 0.717) is 5.75 Å². The van der Waals surface area contributed by atoms with E-state index in [4.69, 9.17) is 10.2 Å². The summed E-state index contributed by atoms with van der Waals surface area (Å²) in [5.74, 6) is 0.434.